The molecule has 76 valence electrons. The van der Waals surface area contributed by atoms with E-state index in [0.717, 1.165) is 6.08 Å². The molecule has 0 fully saturated rings. The second-order valence-corrected chi connectivity index (χ2v) is 2.17. The van der Waals surface area contributed by atoms with Gasteiger partial charge in [0.2, 0.25) is 0 Å². The average molecular weight is 192 g/mol. The van der Waals surface area contributed by atoms with Gasteiger partial charge in [0.05, 0.1) is 5.57 Å². The number of rotatable bonds is 1. The fourth-order valence-electron chi connectivity index (χ4n) is 0.770. The Labute approximate surface area is 77.5 Å². The molecule has 0 atom stereocenters. The summed E-state index contributed by atoms with van der Waals surface area (Å²) in [6.45, 7) is 10.4. The van der Waals surface area contributed by atoms with E-state index in [0.29, 0.717) is 0 Å². The number of hydrogen-bond acceptors (Lipinski definition) is 0. The topological polar surface area (TPSA) is 0 Å². The summed E-state index contributed by atoms with van der Waals surface area (Å²) in [5.74, 6) is 0. The van der Waals surface area contributed by atoms with Crippen molar-refractivity contribution in [3.8, 4) is 0 Å². The van der Waals surface area contributed by atoms with Crippen LogP contribution in [0.3, 0.4) is 0 Å². The van der Waals surface area contributed by atoms with E-state index >= 15 is 0 Å². The van der Waals surface area contributed by atoms with Crippen molar-refractivity contribution in [1.29, 1.82) is 0 Å². The van der Waals surface area contributed by atoms with Crippen molar-refractivity contribution in [3.63, 3.8) is 0 Å². The first-order valence-electron chi connectivity index (χ1n) is 3.80. The minimum absolute atomic E-state index is 0.264. The summed E-state index contributed by atoms with van der Waals surface area (Å²) < 4.78 is 36.1. The van der Waals surface area contributed by atoms with Crippen molar-refractivity contribution in [2.45, 2.75) is 26.9 Å². The van der Waals surface area contributed by atoms with Crippen LogP contribution in [0.5, 0.6) is 0 Å². The predicted molar refractivity (Wildman–Crippen MR) is 50.5 cm³/mol. The summed E-state index contributed by atoms with van der Waals surface area (Å²) >= 11 is 0. The van der Waals surface area contributed by atoms with Gasteiger partial charge in [0, 0.05) is 0 Å². The first kappa shape index (κ1) is 14.5. The molecule has 0 aliphatic heterocycles. The minimum atomic E-state index is -4.22. The summed E-state index contributed by atoms with van der Waals surface area (Å²) in [4.78, 5) is 0. The van der Waals surface area contributed by atoms with E-state index < -0.39 is 11.7 Å². The average Bonchev–Trinajstić information content (AvgIpc) is 2.06. The minimum Gasteiger partial charge on any atom is -0.166 e. The molecule has 0 aliphatic carbocycles. The van der Waals surface area contributed by atoms with Crippen LogP contribution in [0.15, 0.2) is 36.5 Å². The van der Waals surface area contributed by atoms with E-state index in [-0.39, 0.29) is 5.57 Å². The molecule has 0 aromatic carbocycles. The lowest BCUT2D eigenvalue weighted by atomic mass is 10.1. The van der Waals surface area contributed by atoms with E-state index in [1.165, 1.54) is 19.9 Å². The molecule has 0 aromatic heterocycles. The highest BCUT2D eigenvalue weighted by molar-refractivity contribution is 5.31. The van der Waals surface area contributed by atoms with Crippen molar-refractivity contribution >= 4 is 0 Å². The second kappa shape index (κ2) is 6.52. The van der Waals surface area contributed by atoms with E-state index in [4.69, 9.17) is 0 Å². The van der Waals surface area contributed by atoms with Gasteiger partial charge in [-0.3, -0.25) is 0 Å². The Morgan fingerprint density at radius 2 is 1.46 bits per heavy atom. The highest BCUT2D eigenvalue weighted by Gasteiger charge is 2.33. The lowest BCUT2D eigenvalue weighted by Gasteiger charge is -2.10. The Morgan fingerprint density at radius 1 is 1.08 bits per heavy atom. The normalized spacial score (nSPS) is 13.4. The molecule has 0 spiro atoms. The quantitative estimate of drug-likeness (QED) is 0.430. The molecule has 0 unspecified atom stereocenters. The van der Waals surface area contributed by atoms with Crippen LogP contribution in [-0.2, 0) is 0 Å². The van der Waals surface area contributed by atoms with E-state index in [2.05, 4.69) is 13.2 Å². The van der Waals surface area contributed by atoms with Gasteiger partial charge in [-0.05, 0) is 26.3 Å². The number of alkyl halides is 3. The summed E-state index contributed by atoms with van der Waals surface area (Å²) in [6, 6.07) is 0. The molecule has 0 saturated carbocycles. The van der Waals surface area contributed by atoms with Crippen LogP contribution in [0.4, 0.5) is 13.2 Å². The molecular weight excluding hydrogens is 177 g/mol. The Kier molecular flexibility index (Phi) is 7.28. The molecule has 0 nitrogen and oxygen atoms in total. The smallest absolute Gasteiger partial charge is 0.166 e. The summed E-state index contributed by atoms with van der Waals surface area (Å²) in [5.41, 5.74) is -0.292. The molecule has 3 heteroatoms. The van der Waals surface area contributed by atoms with Crippen LogP contribution in [0, 0.1) is 0 Å². The van der Waals surface area contributed by atoms with Gasteiger partial charge in [0.15, 0.2) is 0 Å². The number of hydrogen-bond donors (Lipinski definition) is 0. The largest absolute Gasteiger partial charge is 0.416 e. The highest BCUT2D eigenvalue weighted by Crippen LogP contribution is 2.30. The zero-order chi connectivity index (χ0) is 11.1. The van der Waals surface area contributed by atoms with E-state index in [1.807, 2.05) is 0 Å². The molecule has 0 saturated heterocycles. The van der Waals surface area contributed by atoms with Crippen LogP contribution in [0.2, 0.25) is 0 Å². The maximum atomic E-state index is 12.0. The fourth-order valence-corrected chi connectivity index (χ4v) is 0.770. The van der Waals surface area contributed by atoms with Crippen molar-refractivity contribution in [2.24, 2.45) is 0 Å². The molecular formula is C10H15F3. The maximum absolute atomic E-state index is 12.0. The molecule has 0 heterocycles. The molecule has 0 amide bonds. The summed E-state index contributed by atoms with van der Waals surface area (Å²) in [5, 5.41) is 0. The van der Waals surface area contributed by atoms with Gasteiger partial charge in [0.25, 0.3) is 0 Å². The lowest BCUT2D eigenvalue weighted by molar-refractivity contribution is -0.0894. The molecule has 13 heavy (non-hydrogen) atoms. The molecule has 0 rings (SSSR count). The van der Waals surface area contributed by atoms with Crippen molar-refractivity contribution in [1.82, 2.24) is 0 Å². The van der Waals surface area contributed by atoms with Gasteiger partial charge < -0.3 is 0 Å². The van der Waals surface area contributed by atoms with Crippen molar-refractivity contribution in [2.75, 3.05) is 0 Å². The van der Waals surface area contributed by atoms with Gasteiger partial charge in [-0.25, -0.2) is 0 Å². The van der Waals surface area contributed by atoms with Crippen LogP contribution in [0.1, 0.15) is 20.8 Å². The lowest BCUT2D eigenvalue weighted by Crippen LogP contribution is -2.12. The first-order chi connectivity index (χ1) is 5.93. The standard InChI is InChI=1S/C8H11F3.C2H4/c1-4-6(3)7(5-2)8(9,10)11;1-2/h4-5H,1-3H3;1-2H2/b6-4-,7-5+;. The van der Waals surface area contributed by atoms with E-state index in [9.17, 15) is 13.2 Å². The van der Waals surface area contributed by atoms with Crippen LogP contribution in [0.25, 0.3) is 0 Å². The zero-order valence-corrected chi connectivity index (χ0v) is 8.20. The second-order valence-electron chi connectivity index (χ2n) is 2.17. The molecule has 0 radical (unpaired) electrons. The van der Waals surface area contributed by atoms with Crippen LogP contribution in [-0.4, -0.2) is 6.18 Å². The molecule has 0 N–H and O–H groups in total. The molecule has 0 aliphatic rings. The van der Waals surface area contributed by atoms with Gasteiger partial charge in [-0.2, -0.15) is 13.2 Å². The predicted octanol–water partition coefficient (Wildman–Crippen LogP) is 4.26. The third-order valence-electron chi connectivity index (χ3n) is 1.45. The first-order valence-corrected chi connectivity index (χ1v) is 3.80. The maximum Gasteiger partial charge on any atom is 0.416 e. The Hall–Kier alpha value is -0.990. The fraction of sp³-hybridized carbons (Fsp3) is 0.400. The van der Waals surface area contributed by atoms with E-state index in [1.54, 1.807) is 6.92 Å². The monoisotopic (exact) mass is 192 g/mol. The summed E-state index contributed by atoms with van der Waals surface area (Å²) in [7, 11) is 0. The van der Waals surface area contributed by atoms with Gasteiger partial charge >= 0.3 is 6.18 Å². The van der Waals surface area contributed by atoms with Crippen molar-refractivity contribution in [3.05, 3.63) is 36.5 Å². The Morgan fingerprint density at radius 3 is 1.54 bits per heavy atom. The SMILES string of the molecule is C/C=C(C)\C(=C/C)C(F)(F)F.C=C. The Bertz CT molecular complexity index is 197. The number of halogens is 3. The zero-order valence-electron chi connectivity index (χ0n) is 8.20. The Balaban J connectivity index is 0. The van der Waals surface area contributed by atoms with Crippen LogP contribution >= 0.6 is 0 Å². The van der Waals surface area contributed by atoms with Gasteiger partial charge in [-0.15, -0.1) is 13.2 Å². The van der Waals surface area contributed by atoms with Crippen LogP contribution < -0.4 is 0 Å². The molecule has 0 bridgehead atoms. The highest BCUT2D eigenvalue weighted by atomic mass is 19.4. The van der Waals surface area contributed by atoms with Crippen molar-refractivity contribution < 1.29 is 13.2 Å². The summed E-state index contributed by atoms with van der Waals surface area (Å²) in [6.07, 6.45) is -1.69. The third-order valence-corrected chi connectivity index (χ3v) is 1.45. The van der Waals surface area contributed by atoms with Gasteiger partial charge in [-0.1, -0.05) is 12.2 Å². The third kappa shape index (κ3) is 5.28. The molecule has 0 aromatic rings. The number of allylic oxidation sites excluding steroid dienone is 4. The van der Waals surface area contributed by atoms with Gasteiger partial charge in [0.1, 0.15) is 0 Å².